The van der Waals surface area contributed by atoms with Crippen LogP contribution in [0.15, 0.2) is 24.3 Å². The summed E-state index contributed by atoms with van der Waals surface area (Å²) in [5.41, 5.74) is 11.9. The molecule has 2 rings (SSSR count). The number of nitrogens with two attached hydrogens (primary N) is 2. The van der Waals surface area contributed by atoms with Crippen LogP contribution in [0.25, 0.3) is 0 Å². The summed E-state index contributed by atoms with van der Waals surface area (Å²) in [6, 6.07) is 6.90. The predicted octanol–water partition coefficient (Wildman–Crippen LogP) is 1.12. The molecule has 7 heteroatoms. The topological polar surface area (TPSA) is 108 Å². The van der Waals surface area contributed by atoms with Crippen molar-refractivity contribution in [2.24, 2.45) is 11.5 Å². The van der Waals surface area contributed by atoms with E-state index in [-0.39, 0.29) is 18.1 Å². The van der Waals surface area contributed by atoms with Crippen molar-refractivity contribution in [2.75, 3.05) is 32.8 Å². The van der Waals surface area contributed by atoms with Gasteiger partial charge in [-0.2, -0.15) is 0 Å². The number of imide groups is 1. The third-order valence-corrected chi connectivity index (χ3v) is 4.00. The summed E-state index contributed by atoms with van der Waals surface area (Å²) in [6.45, 7) is 2.52. The number of nitrogens with zero attached hydrogens (tertiary/aromatic N) is 1. The third kappa shape index (κ3) is 5.34. The Kier molecular flexibility index (Phi) is 8.00. The number of hydrogen-bond donors (Lipinski definition) is 2. The Balaban J connectivity index is 1.82. The molecule has 0 aliphatic carbocycles. The second kappa shape index (κ2) is 10.2. The van der Waals surface area contributed by atoms with Gasteiger partial charge in [-0.1, -0.05) is 12.1 Å². The van der Waals surface area contributed by atoms with E-state index in [4.69, 9.17) is 20.9 Å². The quantitative estimate of drug-likeness (QED) is 0.333. The zero-order valence-corrected chi connectivity index (χ0v) is 14.5. The molecule has 25 heavy (non-hydrogen) atoms. The number of hydrogen-bond acceptors (Lipinski definition) is 6. The Morgan fingerprint density at radius 3 is 1.88 bits per heavy atom. The van der Waals surface area contributed by atoms with Gasteiger partial charge in [-0.25, -0.2) is 0 Å². The van der Waals surface area contributed by atoms with Crippen LogP contribution < -0.4 is 11.5 Å². The van der Waals surface area contributed by atoms with Crippen LogP contribution in [0.4, 0.5) is 0 Å². The van der Waals surface area contributed by atoms with Gasteiger partial charge in [0.05, 0.1) is 24.3 Å². The smallest absolute Gasteiger partial charge is 0.261 e. The van der Waals surface area contributed by atoms with E-state index in [0.29, 0.717) is 56.8 Å². The maximum absolute atomic E-state index is 12.3. The monoisotopic (exact) mass is 349 g/mol. The van der Waals surface area contributed by atoms with E-state index in [1.54, 1.807) is 24.3 Å². The highest BCUT2D eigenvalue weighted by atomic mass is 16.7. The molecular formula is C18H27N3O4. The van der Waals surface area contributed by atoms with E-state index in [9.17, 15) is 9.59 Å². The minimum absolute atomic E-state index is 0.231. The molecule has 0 unspecified atom stereocenters. The first-order valence-electron chi connectivity index (χ1n) is 8.77. The molecule has 7 nitrogen and oxygen atoms in total. The zero-order chi connectivity index (χ0) is 18.1. The van der Waals surface area contributed by atoms with E-state index in [0.717, 1.165) is 12.8 Å². The van der Waals surface area contributed by atoms with Gasteiger partial charge in [-0.05, 0) is 44.5 Å². The molecule has 0 spiro atoms. The molecule has 1 heterocycles. The molecule has 4 N–H and O–H groups in total. The lowest BCUT2D eigenvalue weighted by atomic mass is 10.1. The minimum atomic E-state index is -0.367. The Bertz CT molecular complexity index is 534. The summed E-state index contributed by atoms with van der Waals surface area (Å²) in [7, 11) is 0. The summed E-state index contributed by atoms with van der Waals surface area (Å²) in [5, 5.41) is 0. The van der Waals surface area contributed by atoms with Crippen molar-refractivity contribution in [3.63, 3.8) is 0 Å². The van der Waals surface area contributed by atoms with Crippen LogP contribution in [0.1, 0.15) is 46.4 Å². The minimum Gasteiger partial charge on any atom is -0.353 e. The van der Waals surface area contributed by atoms with Gasteiger partial charge in [0.15, 0.2) is 6.29 Å². The van der Waals surface area contributed by atoms with Gasteiger partial charge in [0.25, 0.3) is 11.8 Å². The number of amides is 2. The van der Waals surface area contributed by atoms with Crippen molar-refractivity contribution in [3.05, 3.63) is 35.4 Å². The van der Waals surface area contributed by atoms with Crippen LogP contribution >= 0.6 is 0 Å². The molecule has 1 aliphatic heterocycles. The second-order valence-electron chi connectivity index (χ2n) is 5.91. The van der Waals surface area contributed by atoms with Crippen LogP contribution in [0.2, 0.25) is 0 Å². The predicted molar refractivity (Wildman–Crippen MR) is 94.1 cm³/mol. The van der Waals surface area contributed by atoms with Gasteiger partial charge in [0.2, 0.25) is 0 Å². The number of carbonyl (C=O) groups is 2. The van der Waals surface area contributed by atoms with Crippen molar-refractivity contribution < 1.29 is 19.1 Å². The fourth-order valence-electron chi connectivity index (χ4n) is 2.67. The number of rotatable bonds is 12. The van der Waals surface area contributed by atoms with E-state index in [1.807, 2.05) is 0 Å². The van der Waals surface area contributed by atoms with Gasteiger partial charge >= 0.3 is 0 Å². The molecule has 2 amide bonds. The average Bonchev–Trinajstić information content (AvgIpc) is 2.87. The summed E-state index contributed by atoms with van der Waals surface area (Å²) in [4.78, 5) is 25.9. The Morgan fingerprint density at radius 2 is 1.40 bits per heavy atom. The van der Waals surface area contributed by atoms with Gasteiger partial charge in [-0.3, -0.25) is 14.5 Å². The maximum Gasteiger partial charge on any atom is 0.261 e. The molecule has 0 fully saturated rings. The van der Waals surface area contributed by atoms with Crippen LogP contribution in [0.5, 0.6) is 0 Å². The molecule has 0 saturated carbocycles. The Hall–Kier alpha value is -1.80. The van der Waals surface area contributed by atoms with Gasteiger partial charge in [0, 0.05) is 13.0 Å². The molecule has 0 aromatic heterocycles. The van der Waals surface area contributed by atoms with Crippen molar-refractivity contribution in [1.82, 2.24) is 4.90 Å². The standard InChI is InChI=1S/C18H27N3O4/c19-9-4-12-24-16(25-13-5-10-20)8-3-11-21-17(22)14-6-1-2-7-15(14)18(21)23/h1-2,6-7,16H,3-5,8-13,19-20H2. The molecule has 1 aromatic carbocycles. The molecule has 1 aliphatic rings. The van der Waals surface area contributed by atoms with Crippen molar-refractivity contribution in [3.8, 4) is 0 Å². The maximum atomic E-state index is 12.3. The fraction of sp³-hybridized carbons (Fsp3) is 0.556. The van der Waals surface area contributed by atoms with E-state index in [1.165, 1.54) is 4.90 Å². The highest BCUT2D eigenvalue weighted by Gasteiger charge is 2.34. The third-order valence-electron chi connectivity index (χ3n) is 4.00. The summed E-state index contributed by atoms with van der Waals surface area (Å²) < 4.78 is 11.4. The van der Waals surface area contributed by atoms with Crippen LogP contribution in [0.3, 0.4) is 0 Å². The first-order chi connectivity index (χ1) is 12.2. The normalized spacial score (nSPS) is 13.8. The Morgan fingerprint density at radius 1 is 0.880 bits per heavy atom. The summed E-state index contributed by atoms with van der Waals surface area (Å²) in [5.74, 6) is -0.462. The number of ether oxygens (including phenoxy) is 2. The van der Waals surface area contributed by atoms with Gasteiger partial charge in [-0.15, -0.1) is 0 Å². The van der Waals surface area contributed by atoms with E-state index in [2.05, 4.69) is 0 Å². The molecule has 0 saturated heterocycles. The van der Waals surface area contributed by atoms with E-state index < -0.39 is 0 Å². The zero-order valence-electron chi connectivity index (χ0n) is 14.5. The largest absolute Gasteiger partial charge is 0.353 e. The van der Waals surface area contributed by atoms with Crippen molar-refractivity contribution >= 4 is 11.8 Å². The first kappa shape index (κ1) is 19.5. The van der Waals surface area contributed by atoms with Gasteiger partial charge < -0.3 is 20.9 Å². The lowest BCUT2D eigenvalue weighted by molar-refractivity contribution is -0.147. The van der Waals surface area contributed by atoms with Gasteiger partial charge in [0.1, 0.15) is 0 Å². The number of benzene rings is 1. The molecular weight excluding hydrogens is 322 g/mol. The lowest BCUT2D eigenvalue weighted by Gasteiger charge is -2.20. The lowest BCUT2D eigenvalue weighted by Crippen LogP contribution is -2.31. The molecule has 138 valence electrons. The van der Waals surface area contributed by atoms with Crippen molar-refractivity contribution in [1.29, 1.82) is 0 Å². The first-order valence-corrected chi connectivity index (χ1v) is 8.77. The fourth-order valence-corrected chi connectivity index (χ4v) is 2.67. The second-order valence-corrected chi connectivity index (χ2v) is 5.91. The van der Waals surface area contributed by atoms with Crippen LogP contribution in [0, 0.1) is 0 Å². The average molecular weight is 349 g/mol. The van der Waals surface area contributed by atoms with Crippen LogP contribution in [-0.2, 0) is 9.47 Å². The molecule has 1 aromatic rings. The number of fused-ring (bicyclic) bond motifs is 1. The SMILES string of the molecule is NCCCOC(CCCN1C(=O)c2ccccc2C1=O)OCCCN. The highest BCUT2D eigenvalue weighted by molar-refractivity contribution is 6.21. The summed E-state index contributed by atoms with van der Waals surface area (Å²) >= 11 is 0. The van der Waals surface area contributed by atoms with Crippen LogP contribution in [-0.4, -0.2) is 55.9 Å². The van der Waals surface area contributed by atoms with Crippen molar-refractivity contribution in [2.45, 2.75) is 32.0 Å². The number of carbonyl (C=O) groups excluding carboxylic acids is 2. The molecule has 0 bridgehead atoms. The molecule has 0 radical (unpaired) electrons. The molecule has 0 atom stereocenters. The Labute approximate surface area is 148 Å². The highest BCUT2D eigenvalue weighted by Crippen LogP contribution is 2.23. The van der Waals surface area contributed by atoms with E-state index >= 15 is 0 Å². The summed E-state index contributed by atoms with van der Waals surface area (Å²) in [6.07, 6.45) is 2.36.